The molecule has 0 aliphatic carbocycles. The molecule has 0 bridgehead atoms. The van der Waals surface area contributed by atoms with Crippen molar-refractivity contribution in [3.63, 3.8) is 0 Å². The van der Waals surface area contributed by atoms with Gasteiger partial charge in [0.2, 0.25) is 5.91 Å². The average molecular weight is 364 g/mol. The molecule has 0 spiro atoms. The summed E-state index contributed by atoms with van der Waals surface area (Å²) < 4.78 is 0. The topological polar surface area (TPSA) is 102 Å². The third-order valence-corrected chi connectivity index (χ3v) is 3.82. The fourth-order valence-corrected chi connectivity index (χ4v) is 2.33. The van der Waals surface area contributed by atoms with Gasteiger partial charge in [-0.2, -0.15) is 0 Å². The van der Waals surface area contributed by atoms with E-state index in [0.29, 0.717) is 38.6 Å². The number of aliphatic imine (C=N–C) groups is 1. The van der Waals surface area contributed by atoms with Crippen molar-refractivity contribution in [2.24, 2.45) is 4.99 Å². The fraction of sp³-hybridized carbons (Fsp3) is 0.833. The van der Waals surface area contributed by atoms with Crippen molar-refractivity contribution >= 4 is 17.8 Å². The summed E-state index contributed by atoms with van der Waals surface area (Å²) in [5.74, 6) is -1.28. The number of nitrogens with zero attached hydrogens (tertiary/aromatic N) is 1. The van der Waals surface area contributed by atoms with E-state index in [-0.39, 0.29) is 41.4 Å². The van der Waals surface area contributed by atoms with Gasteiger partial charge in [-0.25, -0.2) is 4.79 Å². The summed E-state index contributed by atoms with van der Waals surface area (Å²) in [7, 11) is 0. The number of amides is 1. The minimum atomic E-state index is -1.01. The predicted octanol–water partition coefficient (Wildman–Crippen LogP) is -0.350. The predicted molar refractivity (Wildman–Crippen MR) is 94.0 cm³/mol. The monoisotopic (exact) mass is 364 g/mol. The molecule has 0 radical (unpaired) electrons. The summed E-state index contributed by atoms with van der Waals surface area (Å²) >= 11 is 0. The van der Waals surface area contributed by atoms with Crippen molar-refractivity contribution in [2.45, 2.75) is 90.5 Å². The molecule has 0 unspecified atom stereocenters. The molecule has 0 aromatic heterocycles. The number of rotatable bonds is 15. The van der Waals surface area contributed by atoms with E-state index in [1.165, 1.54) is 0 Å². The molecule has 0 heterocycles. The molecule has 2 N–H and O–H groups in total. The molecule has 6 nitrogen and oxygen atoms in total. The van der Waals surface area contributed by atoms with E-state index >= 15 is 0 Å². The van der Waals surface area contributed by atoms with Crippen LogP contribution >= 0.6 is 0 Å². The van der Waals surface area contributed by atoms with Crippen LogP contribution in [0, 0.1) is 0 Å². The fourth-order valence-electron chi connectivity index (χ4n) is 2.33. The van der Waals surface area contributed by atoms with Crippen LogP contribution < -0.4 is 40.0 Å². The van der Waals surface area contributed by atoms with Gasteiger partial charge in [0.05, 0.1) is 0 Å². The molecule has 0 aliphatic rings. The van der Waals surface area contributed by atoms with Crippen molar-refractivity contribution in [3.05, 3.63) is 0 Å². The number of hydrogen-bond donors (Lipinski definition) is 2. The zero-order valence-electron chi connectivity index (χ0n) is 16.2. The Morgan fingerprint density at radius 3 is 2.16 bits per heavy atom. The van der Waals surface area contributed by atoms with Gasteiger partial charge in [0.1, 0.15) is 6.04 Å². The second-order valence-corrected chi connectivity index (χ2v) is 6.14. The van der Waals surface area contributed by atoms with Gasteiger partial charge in [-0.05, 0) is 44.4 Å². The summed E-state index contributed by atoms with van der Waals surface area (Å²) in [6.07, 6.45) is 8.31. The summed E-state index contributed by atoms with van der Waals surface area (Å²) in [6.45, 7) is 4.57. The zero-order chi connectivity index (χ0) is 18.2. The molecule has 25 heavy (non-hydrogen) atoms. The maximum atomic E-state index is 11.7. The van der Waals surface area contributed by atoms with Gasteiger partial charge in [-0.3, -0.25) is 4.79 Å². The van der Waals surface area contributed by atoms with Crippen molar-refractivity contribution < 1.29 is 49.4 Å². The quantitative estimate of drug-likeness (QED) is 0.179. The number of nitrogens with one attached hydrogen (secondary N) is 1. The van der Waals surface area contributed by atoms with Crippen molar-refractivity contribution in [3.8, 4) is 0 Å². The molecule has 0 saturated carbocycles. The van der Waals surface area contributed by atoms with E-state index in [2.05, 4.69) is 24.2 Å². The van der Waals surface area contributed by atoms with Crippen LogP contribution in [0.15, 0.2) is 4.99 Å². The maximum Gasteiger partial charge on any atom is 1.00 e. The van der Waals surface area contributed by atoms with E-state index in [0.717, 1.165) is 38.5 Å². The first-order valence-corrected chi connectivity index (χ1v) is 9.23. The van der Waals surface area contributed by atoms with E-state index in [1.807, 2.05) is 0 Å². The number of carbonyl (C=O) groups excluding carboxylic acids is 1. The van der Waals surface area contributed by atoms with Crippen LogP contribution in [-0.2, 0) is 9.59 Å². The Hall–Kier alpha value is -0.590. The number of unbranched alkanes of at least 4 members (excludes halogenated alkanes) is 5. The number of aliphatic carboxylic acids is 1. The van der Waals surface area contributed by atoms with Crippen molar-refractivity contribution in [1.29, 1.82) is 0 Å². The minimum absolute atomic E-state index is 0. The van der Waals surface area contributed by atoms with Crippen molar-refractivity contribution in [2.75, 3.05) is 6.54 Å². The van der Waals surface area contributed by atoms with Crippen LogP contribution in [0.4, 0.5) is 0 Å². The Kier molecular flexibility index (Phi) is 19.4. The first-order valence-electron chi connectivity index (χ1n) is 9.23. The molecule has 0 aliphatic heterocycles. The van der Waals surface area contributed by atoms with Gasteiger partial charge in [0.25, 0.3) is 0 Å². The number of carboxylic acids is 1. The van der Waals surface area contributed by atoms with Gasteiger partial charge >= 0.3 is 35.5 Å². The van der Waals surface area contributed by atoms with Crippen LogP contribution in [-0.4, -0.2) is 35.5 Å². The van der Waals surface area contributed by atoms with Crippen LogP contribution in [0.3, 0.4) is 0 Å². The molecule has 1 amide bonds. The molecule has 140 valence electrons. The molecule has 0 aromatic carbocycles. The zero-order valence-corrected chi connectivity index (χ0v) is 18.2. The molecule has 0 fully saturated rings. The van der Waals surface area contributed by atoms with E-state index < -0.39 is 12.0 Å². The molecule has 0 saturated heterocycles. The normalized spacial score (nSPS) is 12.3. The van der Waals surface area contributed by atoms with Gasteiger partial charge in [0.15, 0.2) is 0 Å². The van der Waals surface area contributed by atoms with E-state index in [9.17, 15) is 14.7 Å². The van der Waals surface area contributed by atoms with E-state index in [4.69, 9.17) is 5.11 Å². The Labute approximate surface area is 174 Å². The molecule has 7 heteroatoms. The Morgan fingerprint density at radius 1 is 1.00 bits per heavy atom. The largest absolute Gasteiger partial charge is 1.00 e. The number of carboxylic acid groups (broad SMARTS) is 1. The first kappa shape index (κ1) is 26.6. The Bertz CT molecular complexity index is 389. The SMILES string of the molecule is CCCCCC(=O)N[C@@H](CCCCN=C([O-])CCCCC)C(=O)O.[Na+]. The van der Waals surface area contributed by atoms with Crippen molar-refractivity contribution in [1.82, 2.24) is 5.32 Å². The number of hydrogen-bond acceptors (Lipinski definition) is 4. The third-order valence-electron chi connectivity index (χ3n) is 3.82. The second kappa shape index (κ2) is 18.2. The van der Waals surface area contributed by atoms with Crippen LogP contribution in [0.5, 0.6) is 0 Å². The van der Waals surface area contributed by atoms with Crippen LogP contribution in [0.2, 0.25) is 0 Å². The molecule has 1 atom stereocenters. The summed E-state index contributed by atoms with van der Waals surface area (Å²) in [5.41, 5.74) is 0. The molecular formula is C18H33N2NaO4. The Balaban J connectivity index is 0. The first-order chi connectivity index (χ1) is 11.5. The van der Waals surface area contributed by atoms with Crippen LogP contribution in [0.1, 0.15) is 84.5 Å². The number of carbonyl (C=O) groups is 2. The van der Waals surface area contributed by atoms with Gasteiger partial charge in [-0.15, -0.1) is 0 Å². The third kappa shape index (κ3) is 16.6. The standard InChI is InChI=1S/C18H34N2O4.Na/c1-3-5-7-12-16(21)19-14-10-9-11-15(18(23)24)20-17(22)13-8-6-4-2;/h15H,3-14H2,1-2H3,(H,19,21)(H,20,22)(H,23,24);/q;+1/p-1/t15-;/m0./s1. The van der Waals surface area contributed by atoms with Gasteiger partial charge in [-0.1, -0.05) is 39.5 Å². The molecule has 0 rings (SSSR count). The molecule has 0 aromatic rings. The van der Waals surface area contributed by atoms with Crippen LogP contribution in [0.25, 0.3) is 0 Å². The smallest absolute Gasteiger partial charge is 0.862 e. The van der Waals surface area contributed by atoms with Gasteiger partial charge < -0.3 is 20.5 Å². The van der Waals surface area contributed by atoms with Gasteiger partial charge in [0, 0.05) is 13.0 Å². The van der Waals surface area contributed by atoms with E-state index in [1.54, 1.807) is 0 Å². The maximum absolute atomic E-state index is 11.7. The average Bonchev–Trinajstić information content (AvgIpc) is 2.53. The Morgan fingerprint density at radius 2 is 1.60 bits per heavy atom. The minimum Gasteiger partial charge on any atom is -0.862 e. The second-order valence-electron chi connectivity index (χ2n) is 6.14. The molecular weight excluding hydrogens is 331 g/mol. The summed E-state index contributed by atoms with van der Waals surface area (Å²) in [6, 6.07) is -0.848. The summed E-state index contributed by atoms with van der Waals surface area (Å²) in [4.78, 5) is 26.9. The summed E-state index contributed by atoms with van der Waals surface area (Å²) in [5, 5.41) is 23.2.